The van der Waals surface area contributed by atoms with Crippen LogP contribution in [0.25, 0.3) is 0 Å². The molecule has 0 aromatic heterocycles. The third-order valence-electron chi connectivity index (χ3n) is 1.55. The van der Waals surface area contributed by atoms with Crippen LogP contribution in [0.15, 0.2) is 24.3 Å². The van der Waals surface area contributed by atoms with E-state index in [2.05, 4.69) is 4.18 Å². The maximum Gasteiger partial charge on any atom is 0.380 e. The summed E-state index contributed by atoms with van der Waals surface area (Å²) in [5.41, 5.74) is 0.839. The Morgan fingerprint density at radius 1 is 1.33 bits per heavy atom. The van der Waals surface area contributed by atoms with Crippen LogP contribution in [0.3, 0.4) is 0 Å². The van der Waals surface area contributed by atoms with Gasteiger partial charge >= 0.3 is 10.3 Å². The minimum Gasteiger partial charge on any atom is -0.378 e. The highest BCUT2D eigenvalue weighted by atomic mass is 35.5. The highest BCUT2D eigenvalue weighted by molar-refractivity contribution is 7.84. The van der Waals surface area contributed by atoms with Crippen molar-refractivity contribution < 1.29 is 12.6 Å². The number of benzene rings is 1. The molecule has 15 heavy (non-hydrogen) atoms. The smallest absolute Gasteiger partial charge is 0.378 e. The van der Waals surface area contributed by atoms with Crippen molar-refractivity contribution in [2.24, 2.45) is 5.14 Å². The fraction of sp³-hybridized carbons (Fsp3) is 0.250. The molecule has 7 heteroatoms. The maximum absolute atomic E-state index is 10.6. The van der Waals surface area contributed by atoms with E-state index in [9.17, 15) is 8.42 Å². The van der Waals surface area contributed by atoms with Gasteiger partial charge in [0.25, 0.3) is 0 Å². The van der Waals surface area contributed by atoms with Crippen LogP contribution < -0.4 is 14.2 Å². The number of rotatable bonds is 3. The van der Waals surface area contributed by atoms with Crippen LogP contribution in [0, 0.1) is 0 Å². The lowest BCUT2D eigenvalue weighted by Gasteiger charge is -2.12. The van der Waals surface area contributed by atoms with E-state index in [4.69, 9.17) is 5.14 Å². The van der Waals surface area contributed by atoms with Crippen LogP contribution in [0.5, 0.6) is 5.75 Å². The van der Waals surface area contributed by atoms with E-state index in [-0.39, 0.29) is 18.2 Å². The molecular formula is C8H13ClN2O3S. The van der Waals surface area contributed by atoms with Crippen LogP contribution in [0.2, 0.25) is 0 Å². The molecule has 0 unspecified atom stereocenters. The molecule has 0 aliphatic rings. The molecule has 0 saturated carbocycles. The summed E-state index contributed by atoms with van der Waals surface area (Å²) in [7, 11) is -0.252. The average Bonchev–Trinajstić information content (AvgIpc) is 2.01. The molecule has 0 atom stereocenters. The molecule has 0 spiro atoms. The van der Waals surface area contributed by atoms with Crippen LogP contribution in [0.4, 0.5) is 5.69 Å². The third-order valence-corrected chi connectivity index (χ3v) is 1.97. The molecule has 0 radical (unpaired) electrons. The van der Waals surface area contributed by atoms with Crippen LogP contribution >= 0.6 is 12.4 Å². The number of halogens is 1. The lowest BCUT2D eigenvalue weighted by atomic mass is 10.3. The Morgan fingerprint density at radius 3 is 2.40 bits per heavy atom. The van der Waals surface area contributed by atoms with Gasteiger partial charge in [0.1, 0.15) is 5.75 Å². The van der Waals surface area contributed by atoms with Gasteiger partial charge in [0.2, 0.25) is 0 Å². The van der Waals surface area contributed by atoms with Gasteiger partial charge in [0, 0.05) is 25.8 Å². The quantitative estimate of drug-likeness (QED) is 0.862. The fourth-order valence-corrected chi connectivity index (χ4v) is 1.32. The highest BCUT2D eigenvalue weighted by Gasteiger charge is 2.05. The zero-order valence-electron chi connectivity index (χ0n) is 8.38. The Labute approximate surface area is 95.5 Å². The normalized spacial score (nSPS) is 10.3. The Bertz CT molecular complexity index is 420. The fourth-order valence-electron chi connectivity index (χ4n) is 0.948. The first-order valence-corrected chi connectivity index (χ1v) is 5.35. The molecule has 5 nitrogen and oxygen atoms in total. The summed E-state index contributed by atoms with van der Waals surface area (Å²) in [5, 5.41) is 4.73. The minimum absolute atomic E-state index is 0. The molecule has 1 aromatic rings. The van der Waals surface area contributed by atoms with Crippen molar-refractivity contribution in [3.05, 3.63) is 24.3 Å². The topological polar surface area (TPSA) is 72.6 Å². The number of hydrogen-bond acceptors (Lipinski definition) is 4. The van der Waals surface area contributed by atoms with Crippen molar-refractivity contribution in [3.8, 4) is 5.75 Å². The summed E-state index contributed by atoms with van der Waals surface area (Å²) < 4.78 is 25.8. The van der Waals surface area contributed by atoms with Crippen LogP contribution in [0.1, 0.15) is 0 Å². The number of anilines is 1. The van der Waals surface area contributed by atoms with Gasteiger partial charge in [0.15, 0.2) is 0 Å². The standard InChI is InChI=1S/C8H12N2O3S.ClH/c1-10(2)7-4-3-5-8(6-7)13-14(9,11)12;/h3-6H,1-2H3,(H2,9,11,12);1H. The first-order chi connectivity index (χ1) is 6.38. The van der Waals surface area contributed by atoms with Gasteiger partial charge in [-0.15, -0.1) is 12.4 Å². The van der Waals surface area contributed by atoms with Gasteiger partial charge in [-0.3, -0.25) is 0 Å². The Balaban J connectivity index is 0.00000196. The summed E-state index contributed by atoms with van der Waals surface area (Å²) in [6.45, 7) is 0. The molecule has 86 valence electrons. The second-order valence-corrected chi connectivity index (χ2v) is 4.12. The van der Waals surface area contributed by atoms with E-state index in [0.717, 1.165) is 5.69 Å². The monoisotopic (exact) mass is 252 g/mol. The van der Waals surface area contributed by atoms with E-state index in [1.54, 1.807) is 12.1 Å². The highest BCUT2D eigenvalue weighted by Crippen LogP contribution is 2.19. The van der Waals surface area contributed by atoms with E-state index in [1.807, 2.05) is 25.1 Å². The van der Waals surface area contributed by atoms with Gasteiger partial charge in [-0.2, -0.15) is 13.6 Å². The van der Waals surface area contributed by atoms with Gasteiger partial charge in [-0.1, -0.05) is 6.07 Å². The molecule has 0 bridgehead atoms. The average molecular weight is 253 g/mol. The maximum atomic E-state index is 10.6. The largest absolute Gasteiger partial charge is 0.380 e. The van der Waals surface area contributed by atoms with Gasteiger partial charge in [-0.25, -0.2) is 0 Å². The van der Waals surface area contributed by atoms with Gasteiger partial charge in [0.05, 0.1) is 0 Å². The number of nitrogens with two attached hydrogens (primary N) is 1. The second kappa shape index (κ2) is 5.20. The number of nitrogens with zero attached hydrogens (tertiary/aromatic N) is 1. The van der Waals surface area contributed by atoms with Crippen molar-refractivity contribution >= 4 is 28.4 Å². The molecule has 2 N–H and O–H groups in total. The Kier molecular flexibility index (Phi) is 4.86. The van der Waals surface area contributed by atoms with Crippen molar-refractivity contribution in [2.45, 2.75) is 0 Å². The molecular weight excluding hydrogens is 240 g/mol. The molecule has 0 aliphatic carbocycles. The summed E-state index contributed by atoms with van der Waals surface area (Å²) in [4.78, 5) is 1.83. The molecule has 0 aliphatic heterocycles. The lowest BCUT2D eigenvalue weighted by Crippen LogP contribution is -2.19. The van der Waals surface area contributed by atoms with E-state index < -0.39 is 10.3 Å². The predicted molar refractivity (Wildman–Crippen MR) is 61.8 cm³/mol. The summed E-state index contributed by atoms with van der Waals surface area (Å²) in [6.07, 6.45) is 0. The first kappa shape index (κ1) is 14.0. The third kappa shape index (κ3) is 4.87. The van der Waals surface area contributed by atoms with Gasteiger partial charge < -0.3 is 9.08 Å². The van der Waals surface area contributed by atoms with Crippen molar-refractivity contribution in [1.82, 2.24) is 0 Å². The van der Waals surface area contributed by atoms with E-state index >= 15 is 0 Å². The summed E-state index contributed by atoms with van der Waals surface area (Å²) in [5.74, 6) is 0.207. The number of hydrogen-bond donors (Lipinski definition) is 1. The Hall–Kier alpha value is -0.980. The van der Waals surface area contributed by atoms with Crippen LogP contribution in [-0.2, 0) is 10.3 Å². The molecule has 1 aromatic carbocycles. The SMILES string of the molecule is CN(C)c1cccc(OS(N)(=O)=O)c1.Cl. The zero-order valence-corrected chi connectivity index (χ0v) is 10.0. The Morgan fingerprint density at radius 2 is 1.93 bits per heavy atom. The minimum atomic E-state index is -3.94. The molecule has 0 saturated heterocycles. The lowest BCUT2D eigenvalue weighted by molar-refractivity contribution is 0.488. The summed E-state index contributed by atoms with van der Waals surface area (Å²) in [6, 6.07) is 6.63. The molecule has 1 rings (SSSR count). The predicted octanol–water partition coefficient (Wildman–Crippen LogP) is 0.757. The zero-order chi connectivity index (χ0) is 10.8. The van der Waals surface area contributed by atoms with Gasteiger partial charge in [-0.05, 0) is 12.1 Å². The van der Waals surface area contributed by atoms with Crippen molar-refractivity contribution in [1.29, 1.82) is 0 Å². The van der Waals surface area contributed by atoms with E-state index in [1.165, 1.54) is 6.07 Å². The van der Waals surface area contributed by atoms with Crippen molar-refractivity contribution in [3.63, 3.8) is 0 Å². The molecule has 0 amide bonds. The molecule has 0 heterocycles. The first-order valence-electron chi connectivity index (χ1n) is 3.88. The second-order valence-electron chi connectivity index (χ2n) is 2.97. The van der Waals surface area contributed by atoms with Crippen LogP contribution in [-0.4, -0.2) is 22.5 Å². The molecule has 0 fully saturated rings. The van der Waals surface area contributed by atoms with Crippen molar-refractivity contribution in [2.75, 3.05) is 19.0 Å². The van der Waals surface area contributed by atoms with E-state index in [0.29, 0.717) is 0 Å². The summed E-state index contributed by atoms with van der Waals surface area (Å²) >= 11 is 0.